The molecule has 13 heteroatoms. The van der Waals surface area contributed by atoms with Gasteiger partial charge in [0.25, 0.3) is 5.60 Å². The van der Waals surface area contributed by atoms with Crippen LogP contribution in [0.25, 0.3) is 5.57 Å². The Morgan fingerprint density at radius 3 is 1.74 bits per heavy atom. The zero-order chi connectivity index (χ0) is 36.3. The molecule has 0 unspecified atom stereocenters. The van der Waals surface area contributed by atoms with Gasteiger partial charge in [0.2, 0.25) is 0 Å². The number of aliphatic hydroxyl groups is 1. The van der Waals surface area contributed by atoms with Gasteiger partial charge in [0.15, 0.2) is 19.5 Å². The molecule has 4 nitrogen and oxygen atoms in total. The predicted molar refractivity (Wildman–Crippen MR) is 184 cm³/mol. The maximum Gasteiger partial charge on any atom is 0.430 e. The van der Waals surface area contributed by atoms with E-state index in [1.54, 1.807) is 19.1 Å². The number of allylic oxidation sites excluding steroid dienone is 3. The van der Waals surface area contributed by atoms with Crippen LogP contribution in [0.4, 0.5) is 26.3 Å². The van der Waals surface area contributed by atoms with Crippen LogP contribution in [0.5, 0.6) is 5.75 Å². The zero-order valence-electron chi connectivity index (χ0n) is 29.3. The third-order valence-electron chi connectivity index (χ3n) is 7.26. The molecular weight excluding hydrogens is 675 g/mol. The van der Waals surface area contributed by atoms with Gasteiger partial charge in [0.05, 0.1) is 11.2 Å². The van der Waals surface area contributed by atoms with Crippen LogP contribution in [0, 0.1) is 0 Å². The fourth-order valence-electron chi connectivity index (χ4n) is 4.40. The number of hydrogen-bond acceptors (Lipinski definition) is 5. The summed E-state index contributed by atoms with van der Waals surface area (Å²) in [6.07, 6.45) is -10.0. The van der Waals surface area contributed by atoms with Crippen molar-refractivity contribution in [3.8, 4) is 5.75 Å². The summed E-state index contributed by atoms with van der Waals surface area (Å²) in [6.45, 7) is 23.3. The molecule has 0 radical (unpaired) electrons. The van der Waals surface area contributed by atoms with Gasteiger partial charge >= 0.3 is 12.4 Å². The van der Waals surface area contributed by atoms with E-state index >= 15 is 0 Å². The molecule has 1 heterocycles. The second-order valence-electron chi connectivity index (χ2n) is 15.1. The van der Waals surface area contributed by atoms with E-state index < -0.39 is 48.7 Å². The van der Waals surface area contributed by atoms with Gasteiger partial charge in [-0.2, -0.15) is 26.3 Å². The highest BCUT2D eigenvalue weighted by molar-refractivity contribution is 7.13. The van der Waals surface area contributed by atoms with E-state index in [1.807, 2.05) is 18.2 Å². The first-order valence-electron chi connectivity index (χ1n) is 15.5. The van der Waals surface area contributed by atoms with Gasteiger partial charge in [0, 0.05) is 9.75 Å². The minimum atomic E-state index is -5.92. The Morgan fingerprint density at radius 1 is 0.766 bits per heavy atom. The molecule has 0 fully saturated rings. The number of ether oxygens (including phenoxy) is 1. The first-order valence-corrected chi connectivity index (χ1v) is 18.9. The largest absolute Gasteiger partial charge is 0.488 e. The van der Waals surface area contributed by atoms with Crippen LogP contribution in [0.1, 0.15) is 103 Å². The van der Waals surface area contributed by atoms with E-state index in [0.717, 1.165) is 22.1 Å². The lowest BCUT2D eigenvalue weighted by Gasteiger charge is -2.37. The molecule has 0 bridgehead atoms. The molecular formula is C34H50F6O4SSi2. The van der Waals surface area contributed by atoms with Crippen LogP contribution in [0.2, 0.25) is 10.1 Å². The van der Waals surface area contributed by atoms with Crippen molar-refractivity contribution < 1.29 is 45.0 Å². The van der Waals surface area contributed by atoms with Crippen LogP contribution in [-0.2, 0) is 26.7 Å². The first kappa shape index (κ1) is 41.3. The van der Waals surface area contributed by atoms with Gasteiger partial charge in [-0.1, -0.05) is 66.7 Å². The monoisotopic (exact) mass is 724 g/mol. The van der Waals surface area contributed by atoms with Gasteiger partial charge < -0.3 is 18.7 Å². The van der Waals surface area contributed by atoms with Crippen molar-refractivity contribution in [3.05, 3.63) is 69.4 Å². The van der Waals surface area contributed by atoms with E-state index in [9.17, 15) is 31.4 Å². The minimum absolute atomic E-state index is 0.0903. The van der Waals surface area contributed by atoms with Gasteiger partial charge in [-0.3, -0.25) is 0 Å². The lowest BCUT2D eigenvalue weighted by Crippen LogP contribution is -2.55. The summed E-state index contributed by atoms with van der Waals surface area (Å²) in [4.78, 5) is 1.48. The summed E-state index contributed by atoms with van der Waals surface area (Å²) < 4.78 is 97.5. The van der Waals surface area contributed by atoms with E-state index in [-0.39, 0.29) is 22.8 Å². The topological polar surface area (TPSA) is 47.9 Å². The van der Waals surface area contributed by atoms with E-state index in [0.29, 0.717) is 28.7 Å². The van der Waals surface area contributed by atoms with Gasteiger partial charge in [-0.15, -0.1) is 11.3 Å². The fraction of sp³-hybridized carbons (Fsp3) is 0.588. The van der Waals surface area contributed by atoms with Crippen LogP contribution < -0.4 is 4.74 Å². The molecule has 2 aromatic rings. The Balaban J connectivity index is 2.36. The Labute approximate surface area is 284 Å². The van der Waals surface area contributed by atoms with Crippen molar-refractivity contribution in [1.29, 1.82) is 0 Å². The molecule has 1 N–H and O–H groups in total. The molecule has 1 aromatic carbocycles. The van der Waals surface area contributed by atoms with Crippen molar-refractivity contribution in [2.45, 2.75) is 128 Å². The summed E-state index contributed by atoms with van der Waals surface area (Å²) in [6, 6.07) is 9.47. The average Bonchev–Trinajstić information content (AvgIpc) is 3.38. The van der Waals surface area contributed by atoms with Crippen molar-refractivity contribution >= 4 is 36.4 Å². The van der Waals surface area contributed by atoms with Crippen LogP contribution in [-0.4, -0.2) is 42.6 Å². The molecule has 0 amide bonds. The predicted octanol–water partition coefficient (Wildman–Crippen LogP) is 9.64. The highest BCUT2D eigenvalue weighted by Gasteiger charge is 2.68. The second kappa shape index (κ2) is 14.9. The number of alkyl halides is 6. The number of halogens is 6. The third-order valence-corrected chi connectivity index (χ3v) is 11.9. The molecule has 0 aliphatic carbocycles. The van der Waals surface area contributed by atoms with Crippen LogP contribution >= 0.6 is 11.3 Å². The lowest BCUT2D eigenvalue weighted by atomic mass is 9.85. The molecule has 47 heavy (non-hydrogen) atoms. The third kappa shape index (κ3) is 11.6. The average molecular weight is 725 g/mol. The van der Waals surface area contributed by atoms with Gasteiger partial charge in [-0.25, -0.2) is 0 Å². The highest BCUT2D eigenvalue weighted by Crippen LogP contribution is 2.44. The van der Waals surface area contributed by atoms with Crippen LogP contribution in [0.3, 0.4) is 0 Å². The Morgan fingerprint density at radius 2 is 1.28 bits per heavy atom. The summed E-state index contributed by atoms with van der Waals surface area (Å²) in [5, 5.41) is 9.59. The van der Waals surface area contributed by atoms with Crippen LogP contribution in [0.15, 0.2) is 48.6 Å². The molecule has 1 aromatic heterocycles. The standard InChI is InChI=1S/C34H50F6O4SSi2/c1-12-22(14-13-19-32(41,33(35,36)37)34(38,39)40)27-18-16-24(45-27)21-42-23-15-17-25(30(8,9)43-46-28(2,3)4)26(20-23)31(10,11)44-47-29(5,6)7/h13-20,41H,12,21,46-47H2,1-11H3. The molecule has 0 saturated carbocycles. The molecule has 0 aliphatic rings. The Hall–Kier alpha value is -1.91. The summed E-state index contributed by atoms with van der Waals surface area (Å²) in [5.74, 6) is 0.629. The molecule has 0 atom stereocenters. The van der Waals surface area contributed by atoms with E-state index in [2.05, 4.69) is 69.2 Å². The number of rotatable bonds is 13. The van der Waals surface area contributed by atoms with E-state index in [4.69, 9.17) is 13.6 Å². The highest BCUT2D eigenvalue weighted by atomic mass is 32.1. The Bertz CT molecular complexity index is 1380. The van der Waals surface area contributed by atoms with Gasteiger partial charge in [0.1, 0.15) is 12.4 Å². The normalized spacial score (nSPS) is 15.2. The van der Waals surface area contributed by atoms with Crippen molar-refractivity contribution in [2.24, 2.45) is 0 Å². The first-order chi connectivity index (χ1) is 21.1. The molecule has 0 aliphatic heterocycles. The minimum Gasteiger partial charge on any atom is -0.488 e. The lowest BCUT2D eigenvalue weighted by molar-refractivity contribution is -0.347. The molecule has 0 saturated heterocycles. The maximum absolute atomic E-state index is 13.0. The smallest absolute Gasteiger partial charge is 0.430 e. The molecule has 266 valence electrons. The molecule has 2 rings (SSSR count). The zero-order valence-corrected chi connectivity index (χ0v) is 32.9. The number of hydrogen-bond donors (Lipinski definition) is 1. The van der Waals surface area contributed by atoms with E-state index in [1.165, 1.54) is 11.3 Å². The summed E-state index contributed by atoms with van der Waals surface area (Å²) in [5.41, 5.74) is -3.57. The van der Waals surface area contributed by atoms with Crippen molar-refractivity contribution in [1.82, 2.24) is 0 Å². The summed E-state index contributed by atoms with van der Waals surface area (Å²) >= 11 is 1.32. The van der Waals surface area contributed by atoms with Crippen molar-refractivity contribution in [3.63, 3.8) is 0 Å². The molecule has 0 spiro atoms. The van der Waals surface area contributed by atoms with Gasteiger partial charge in [-0.05, 0) is 91.2 Å². The number of thiophene rings is 1. The number of benzene rings is 1. The second-order valence-corrected chi connectivity index (χ2v) is 21.7. The SMILES string of the molecule is CCC(=CC=CC(O)(C(F)(F)F)C(F)(F)F)c1ccc(COc2ccc(C(C)(C)O[SiH2]C(C)(C)C)c(C(C)(C)O[SiH2]C(C)(C)C)c2)s1. The Kier molecular flexibility index (Phi) is 13.1. The summed E-state index contributed by atoms with van der Waals surface area (Å²) in [7, 11) is -1.76. The fourth-order valence-corrected chi connectivity index (χ4v) is 7.31. The maximum atomic E-state index is 13.0. The quantitative estimate of drug-likeness (QED) is 0.127. The van der Waals surface area contributed by atoms with Crippen molar-refractivity contribution in [2.75, 3.05) is 0 Å².